The Labute approximate surface area is 184 Å². The van der Waals surface area contributed by atoms with E-state index in [4.69, 9.17) is 9.84 Å². The Balaban J connectivity index is 1.33. The molecule has 1 unspecified atom stereocenters. The standard InChI is InChI=1S/C23H23N3O6/c1-13(10-21(28)26-19(22(29)30)11-20(27)25-26)24-23(31)32-12-18-16-8-4-2-6-14(16)15-7-3-5-9-17(15)18/h2-9,13,18-19H,10-12H2,1H3,(H,24,31)(H,25,27)(H,29,30)/t13-,19?/m1/s1. The summed E-state index contributed by atoms with van der Waals surface area (Å²) in [6, 6.07) is 14.1. The maximum Gasteiger partial charge on any atom is 0.407 e. The number of benzene rings is 2. The van der Waals surface area contributed by atoms with Gasteiger partial charge in [0.2, 0.25) is 11.8 Å². The largest absolute Gasteiger partial charge is 0.480 e. The summed E-state index contributed by atoms with van der Waals surface area (Å²) in [7, 11) is 0. The van der Waals surface area contributed by atoms with Crippen molar-refractivity contribution in [2.75, 3.05) is 6.61 Å². The minimum Gasteiger partial charge on any atom is -0.480 e. The van der Waals surface area contributed by atoms with Crippen LogP contribution in [0.25, 0.3) is 11.1 Å². The summed E-state index contributed by atoms with van der Waals surface area (Å²) in [4.78, 5) is 47.4. The molecule has 1 saturated heterocycles. The number of amides is 3. The van der Waals surface area contributed by atoms with Crippen LogP contribution in [-0.4, -0.2) is 52.7 Å². The highest BCUT2D eigenvalue weighted by Gasteiger charge is 2.39. The van der Waals surface area contributed by atoms with Gasteiger partial charge in [0.05, 0.1) is 6.42 Å². The van der Waals surface area contributed by atoms with Gasteiger partial charge in [0, 0.05) is 18.4 Å². The predicted octanol–water partition coefficient (Wildman–Crippen LogP) is 2.02. The van der Waals surface area contributed by atoms with Crippen LogP contribution in [0.2, 0.25) is 0 Å². The molecular weight excluding hydrogens is 414 g/mol. The third kappa shape index (κ3) is 4.14. The van der Waals surface area contributed by atoms with Gasteiger partial charge in [-0.05, 0) is 29.2 Å². The minimum absolute atomic E-state index is 0.0822. The molecule has 0 radical (unpaired) electrons. The van der Waals surface area contributed by atoms with Crippen molar-refractivity contribution in [2.24, 2.45) is 0 Å². The molecule has 3 N–H and O–H groups in total. The molecule has 2 aromatic rings. The SMILES string of the molecule is C[C@H](CC(=O)N1NC(=O)CC1C(=O)O)NC(=O)OCC1c2ccccc2-c2ccccc21. The number of fused-ring (bicyclic) bond motifs is 3. The van der Waals surface area contributed by atoms with Crippen molar-refractivity contribution in [3.8, 4) is 11.1 Å². The first-order valence-corrected chi connectivity index (χ1v) is 10.3. The van der Waals surface area contributed by atoms with Gasteiger partial charge in [0.1, 0.15) is 6.61 Å². The van der Waals surface area contributed by atoms with Crippen LogP contribution in [-0.2, 0) is 19.1 Å². The molecule has 4 rings (SSSR count). The molecule has 9 heteroatoms. The molecule has 0 saturated carbocycles. The highest BCUT2D eigenvalue weighted by molar-refractivity contribution is 5.93. The summed E-state index contributed by atoms with van der Waals surface area (Å²) < 4.78 is 5.45. The van der Waals surface area contributed by atoms with Crippen LogP contribution in [0.15, 0.2) is 48.5 Å². The molecule has 2 aliphatic rings. The summed E-state index contributed by atoms with van der Waals surface area (Å²) in [5, 5.41) is 12.6. The molecule has 0 spiro atoms. The number of aliphatic carboxylic acids is 1. The Morgan fingerprint density at radius 2 is 1.72 bits per heavy atom. The monoisotopic (exact) mass is 437 g/mol. The van der Waals surface area contributed by atoms with Gasteiger partial charge in [0.15, 0.2) is 6.04 Å². The van der Waals surface area contributed by atoms with Crippen molar-refractivity contribution in [2.45, 2.75) is 37.8 Å². The first-order valence-electron chi connectivity index (χ1n) is 10.3. The van der Waals surface area contributed by atoms with Crippen LogP contribution in [0.4, 0.5) is 4.79 Å². The number of rotatable bonds is 6. The first-order chi connectivity index (χ1) is 15.3. The van der Waals surface area contributed by atoms with Crippen molar-refractivity contribution in [1.29, 1.82) is 0 Å². The molecule has 0 bridgehead atoms. The van der Waals surface area contributed by atoms with Gasteiger partial charge in [-0.15, -0.1) is 0 Å². The van der Waals surface area contributed by atoms with Crippen LogP contribution in [0.3, 0.4) is 0 Å². The van der Waals surface area contributed by atoms with Crippen LogP contribution in [0.1, 0.15) is 36.8 Å². The molecule has 1 heterocycles. The third-order valence-electron chi connectivity index (χ3n) is 5.68. The van der Waals surface area contributed by atoms with Crippen molar-refractivity contribution in [3.05, 3.63) is 59.7 Å². The third-order valence-corrected chi connectivity index (χ3v) is 5.68. The molecular formula is C23H23N3O6. The van der Waals surface area contributed by atoms with Crippen LogP contribution in [0, 0.1) is 0 Å². The molecule has 0 aromatic heterocycles. The highest BCUT2D eigenvalue weighted by Crippen LogP contribution is 2.44. The van der Waals surface area contributed by atoms with E-state index in [0.29, 0.717) is 0 Å². The van der Waals surface area contributed by atoms with E-state index in [1.54, 1.807) is 6.92 Å². The van der Waals surface area contributed by atoms with E-state index in [-0.39, 0.29) is 25.4 Å². The quantitative estimate of drug-likeness (QED) is 0.635. The molecule has 2 aromatic carbocycles. The summed E-state index contributed by atoms with van der Waals surface area (Å²) >= 11 is 0. The number of ether oxygens (including phenoxy) is 1. The van der Waals surface area contributed by atoms with Gasteiger partial charge in [0.25, 0.3) is 0 Å². The number of nitrogens with zero attached hydrogens (tertiary/aromatic N) is 1. The zero-order valence-corrected chi connectivity index (χ0v) is 17.4. The molecule has 1 aliphatic heterocycles. The van der Waals surface area contributed by atoms with Gasteiger partial charge in [-0.1, -0.05) is 48.5 Å². The van der Waals surface area contributed by atoms with Crippen LogP contribution < -0.4 is 10.7 Å². The lowest BCUT2D eigenvalue weighted by molar-refractivity contribution is -0.150. The van der Waals surface area contributed by atoms with E-state index in [2.05, 4.69) is 10.7 Å². The topological polar surface area (TPSA) is 125 Å². The Kier molecular flexibility index (Phi) is 5.81. The predicted molar refractivity (Wildman–Crippen MR) is 113 cm³/mol. The summed E-state index contributed by atoms with van der Waals surface area (Å²) in [5.74, 6) is -2.49. The number of hydrogen-bond donors (Lipinski definition) is 3. The van der Waals surface area contributed by atoms with Gasteiger partial charge in [-0.3, -0.25) is 15.0 Å². The number of carbonyl (C=O) groups is 4. The average Bonchev–Trinajstić information content (AvgIpc) is 3.31. The maximum atomic E-state index is 12.4. The number of nitrogens with one attached hydrogen (secondary N) is 2. The Morgan fingerprint density at radius 3 is 2.31 bits per heavy atom. The number of carbonyl (C=O) groups excluding carboxylic acids is 3. The van der Waals surface area contributed by atoms with E-state index >= 15 is 0 Å². The van der Waals surface area contributed by atoms with Crippen molar-refractivity contribution in [1.82, 2.24) is 15.8 Å². The zero-order chi connectivity index (χ0) is 22.8. The molecule has 2 atom stereocenters. The molecule has 1 aliphatic carbocycles. The zero-order valence-electron chi connectivity index (χ0n) is 17.4. The summed E-state index contributed by atoms with van der Waals surface area (Å²) in [6.45, 7) is 1.75. The number of hydrazine groups is 1. The number of hydrogen-bond acceptors (Lipinski definition) is 5. The second kappa shape index (κ2) is 8.70. The van der Waals surface area contributed by atoms with Gasteiger partial charge < -0.3 is 15.2 Å². The summed E-state index contributed by atoms with van der Waals surface area (Å²) in [6.07, 6.45) is -1.16. The van der Waals surface area contributed by atoms with E-state index < -0.39 is 36.0 Å². The van der Waals surface area contributed by atoms with Crippen molar-refractivity contribution >= 4 is 23.9 Å². The maximum absolute atomic E-state index is 12.4. The van der Waals surface area contributed by atoms with E-state index in [9.17, 15) is 19.2 Å². The lowest BCUT2D eigenvalue weighted by atomic mass is 9.98. The first kappa shape index (κ1) is 21.4. The molecule has 166 valence electrons. The van der Waals surface area contributed by atoms with Crippen LogP contribution in [0.5, 0.6) is 0 Å². The molecule has 9 nitrogen and oxygen atoms in total. The normalized spacial score (nSPS) is 17.8. The summed E-state index contributed by atoms with van der Waals surface area (Å²) in [5.41, 5.74) is 6.67. The highest BCUT2D eigenvalue weighted by atomic mass is 16.5. The fourth-order valence-electron chi connectivity index (χ4n) is 4.21. The van der Waals surface area contributed by atoms with Crippen LogP contribution >= 0.6 is 0 Å². The van der Waals surface area contributed by atoms with Gasteiger partial charge >= 0.3 is 12.1 Å². The smallest absolute Gasteiger partial charge is 0.407 e. The van der Waals surface area contributed by atoms with E-state index in [0.717, 1.165) is 27.3 Å². The van der Waals surface area contributed by atoms with E-state index in [1.165, 1.54) is 0 Å². The fraction of sp³-hybridized carbons (Fsp3) is 0.304. The second-order valence-electron chi connectivity index (χ2n) is 7.93. The lowest BCUT2D eigenvalue weighted by Gasteiger charge is -2.22. The molecule has 1 fully saturated rings. The fourth-order valence-corrected chi connectivity index (χ4v) is 4.21. The number of carboxylic acid groups (broad SMARTS) is 1. The van der Waals surface area contributed by atoms with Gasteiger partial charge in [-0.25, -0.2) is 14.6 Å². The minimum atomic E-state index is -1.27. The van der Waals surface area contributed by atoms with Crippen molar-refractivity contribution in [3.63, 3.8) is 0 Å². The average molecular weight is 437 g/mol. The van der Waals surface area contributed by atoms with Gasteiger partial charge in [-0.2, -0.15) is 0 Å². The Hall–Kier alpha value is -3.88. The lowest BCUT2D eigenvalue weighted by Crippen LogP contribution is -2.48. The van der Waals surface area contributed by atoms with E-state index in [1.807, 2.05) is 48.5 Å². The molecule has 3 amide bonds. The number of alkyl carbamates (subject to hydrolysis) is 1. The Morgan fingerprint density at radius 1 is 1.12 bits per heavy atom. The Bertz CT molecular complexity index is 1040. The van der Waals surface area contributed by atoms with Crippen molar-refractivity contribution < 1.29 is 29.0 Å². The second-order valence-corrected chi connectivity index (χ2v) is 7.93. The molecule has 32 heavy (non-hydrogen) atoms. The number of carboxylic acids is 1.